The summed E-state index contributed by atoms with van der Waals surface area (Å²) in [5.74, 6) is 0.626. The van der Waals surface area contributed by atoms with Crippen LogP contribution in [-0.4, -0.2) is 26.2 Å². The van der Waals surface area contributed by atoms with Crippen LogP contribution in [0.5, 0.6) is 0 Å². The molecule has 1 aliphatic heterocycles. The van der Waals surface area contributed by atoms with E-state index >= 15 is 0 Å². The van der Waals surface area contributed by atoms with Crippen molar-refractivity contribution in [2.24, 2.45) is 0 Å². The van der Waals surface area contributed by atoms with E-state index in [1.807, 2.05) is 12.1 Å². The van der Waals surface area contributed by atoms with Crippen LogP contribution in [0.2, 0.25) is 0 Å². The highest BCUT2D eigenvalue weighted by molar-refractivity contribution is 7.99. The third kappa shape index (κ3) is 3.19. The summed E-state index contributed by atoms with van der Waals surface area (Å²) in [6, 6.07) is 5.12. The summed E-state index contributed by atoms with van der Waals surface area (Å²) < 4.78 is 1.63. The van der Waals surface area contributed by atoms with Gasteiger partial charge in [0.2, 0.25) is 5.91 Å². The topological polar surface area (TPSA) is 76.9 Å². The quantitative estimate of drug-likeness (QED) is 0.860. The van der Waals surface area contributed by atoms with Gasteiger partial charge in [-0.2, -0.15) is 0 Å². The molecule has 1 amide bonds. The molecule has 0 saturated carbocycles. The third-order valence-electron chi connectivity index (χ3n) is 3.45. The maximum atomic E-state index is 12.1. The Morgan fingerprint density at radius 2 is 2.41 bits per heavy atom. The predicted molar refractivity (Wildman–Crippen MR) is 83.7 cm³/mol. The number of carbonyl (C=O) groups excluding carboxylic acids is 1. The van der Waals surface area contributed by atoms with Gasteiger partial charge in [0.05, 0.1) is 6.04 Å². The Morgan fingerprint density at radius 3 is 3.18 bits per heavy atom. The van der Waals surface area contributed by atoms with E-state index in [0.29, 0.717) is 23.1 Å². The molecular formula is C15H16N4O2S. The molecule has 0 spiro atoms. The predicted octanol–water partition coefficient (Wildman–Crippen LogP) is 1.30. The van der Waals surface area contributed by atoms with Crippen molar-refractivity contribution in [2.45, 2.75) is 31.1 Å². The molecule has 0 bridgehead atoms. The summed E-state index contributed by atoms with van der Waals surface area (Å²) in [6.45, 7) is 2.25. The summed E-state index contributed by atoms with van der Waals surface area (Å²) in [6.07, 6.45) is 3.70. The van der Waals surface area contributed by atoms with Crippen molar-refractivity contribution in [3.63, 3.8) is 0 Å². The average molecular weight is 316 g/mol. The molecule has 114 valence electrons. The number of hydrogen-bond acceptors (Lipinski definition) is 5. The molecule has 2 aromatic heterocycles. The SMILES string of the molecule is Cc1cc(=O)n2c(n1)SC[C@@H]2CC(=O)NCc1cccnc1. The standard InChI is InChI=1S/C15H16N4O2S/c1-10-5-14(21)19-12(9-22-15(19)18-10)6-13(20)17-8-11-3-2-4-16-7-11/h2-5,7,12H,6,8-9H2,1H3,(H,17,20)/t12-/m0/s1. The minimum absolute atomic E-state index is 0.0743. The van der Waals surface area contributed by atoms with Crippen LogP contribution in [0.1, 0.15) is 23.7 Å². The lowest BCUT2D eigenvalue weighted by atomic mass is 10.2. The first-order chi connectivity index (χ1) is 10.6. The Bertz CT molecular complexity index is 745. The highest BCUT2D eigenvalue weighted by atomic mass is 32.2. The lowest BCUT2D eigenvalue weighted by Crippen LogP contribution is -2.30. The van der Waals surface area contributed by atoms with Crippen LogP contribution in [-0.2, 0) is 11.3 Å². The molecule has 0 unspecified atom stereocenters. The van der Waals surface area contributed by atoms with E-state index in [1.54, 1.807) is 23.9 Å². The van der Waals surface area contributed by atoms with Crippen LogP contribution < -0.4 is 10.9 Å². The molecule has 0 fully saturated rings. The number of aromatic nitrogens is 3. The second kappa shape index (κ2) is 6.31. The van der Waals surface area contributed by atoms with Crippen molar-refractivity contribution in [3.8, 4) is 0 Å². The number of amides is 1. The lowest BCUT2D eigenvalue weighted by molar-refractivity contribution is -0.121. The smallest absolute Gasteiger partial charge is 0.254 e. The zero-order chi connectivity index (χ0) is 15.5. The fourth-order valence-corrected chi connectivity index (χ4v) is 3.60. The summed E-state index contributed by atoms with van der Waals surface area (Å²) in [7, 11) is 0. The number of fused-ring (bicyclic) bond motifs is 1. The first kappa shape index (κ1) is 14.8. The molecule has 22 heavy (non-hydrogen) atoms. The maximum Gasteiger partial charge on any atom is 0.254 e. The number of carbonyl (C=O) groups is 1. The molecule has 2 aromatic rings. The normalized spacial score (nSPS) is 16.3. The number of thioether (sulfide) groups is 1. The highest BCUT2D eigenvalue weighted by Crippen LogP contribution is 2.31. The van der Waals surface area contributed by atoms with Crippen LogP contribution >= 0.6 is 11.8 Å². The second-order valence-corrected chi connectivity index (χ2v) is 6.18. The Labute approximate surface area is 132 Å². The number of rotatable bonds is 4. The summed E-state index contributed by atoms with van der Waals surface area (Å²) in [5, 5.41) is 3.57. The van der Waals surface area contributed by atoms with Crippen LogP contribution in [0.4, 0.5) is 0 Å². The van der Waals surface area contributed by atoms with Crippen molar-refractivity contribution in [1.82, 2.24) is 19.9 Å². The molecule has 3 rings (SSSR count). The number of nitrogens with one attached hydrogen (secondary N) is 1. The summed E-state index contributed by atoms with van der Waals surface area (Å²) >= 11 is 1.52. The number of hydrogen-bond donors (Lipinski definition) is 1. The highest BCUT2D eigenvalue weighted by Gasteiger charge is 2.27. The molecule has 0 saturated heterocycles. The van der Waals surface area contributed by atoms with E-state index in [1.165, 1.54) is 17.8 Å². The van der Waals surface area contributed by atoms with E-state index < -0.39 is 0 Å². The third-order valence-corrected chi connectivity index (χ3v) is 4.55. The van der Waals surface area contributed by atoms with E-state index in [9.17, 15) is 9.59 Å². The Kier molecular flexibility index (Phi) is 4.24. The van der Waals surface area contributed by atoms with E-state index in [-0.39, 0.29) is 23.9 Å². The van der Waals surface area contributed by atoms with Crippen molar-refractivity contribution >= 4 is 17.7 Å². The lowest BCUT2D eigenvalue weighted by Gasteiger charge is -2.13. The molecule has 6 nitrogen and oxygen atoms in total. The minimum Gasteiger partial charge on any atom is -0.352 e. The van der Waals surface area contributed by atoms with Gasteiger partial charge < -0.3 is 5.32 Å². The van der Waals surface area contributed by atoms with Crippen molar-refractivity contribution in [3.05, 3.63) is 52.2 Å². The molecule has 7 heteroatoms. The first-order valence-corrected chi connectivity index (χ1v) is 8.00. The average Bonchev–Trinajstić information content (AvgIpc) is 2.89. The number of pyridine rings is 1. The van der Waals surface area contributed by atoms with Gasteiger partial charge in [0.15, 0.2) is 5.16 Å². The Balaban J connectivity index is 1.64. The molecule has 0 radical (unpaired) electrons. The van der Waals surface area contributed by atoms with Gasteiger partial charge in [0.25, 0.3) is 5.56 Å². The first-order valence-electron chi connectivity index (χ1n) is 7.02. The molecule has 0 aliphatic carbocycles. The molecular weight excluding hydrogens is 300 g/mol. The van der Waals surface area contributed by atoms with Gasteiger partial charge in [0, 0.05) is 42.9 Å². The molecule has 1 N–H and O–H groups in total. The zero-order valence-electron chi connectivity index (χ0n) is 12.2. The van der Waals surface area contributed by atoms with Gasteiger partial charge in [-0.1, -0.05) is 17.8 Å². The van der Waals surface area contributed by atoms with Crippen LogP contribution in [0.25, 0.3) is 0 Å². The fraction of sp³-hybridized carbons (Fsp3) is 0.333. The maximum absolute atomic E-state index is 12.1. The summed E-state index contributed by atoms with van der Waals surface area (Å²) in [5.41, 5.74) is 1.58. The van der Waals surface area contributed by atoms with Crippen LogP contribution in [0, 0.1) is 6.92 Å². The van der Waals surface area contributed by atoms with E-state index in [2.05, 4.69) is 15.3 Å². The van der Waals surface area contributed by atoms with Gasteiger partial charge >= 0.3 is 0 Å². The second-order valence-electron chi connectivity index (χ2n) is 5.20. The molecule has 1 aliphatic rings. The Morgan fingerprint density at radius 1 is 1.55 bits per heavy atom. The van der Waals surface area contributed by atoms with Crippen molar-refractivity contribution < 1.29 is 4.79 Å². The minimum atomic E-state index is -0.130. The van der Waals surface area contributed by atoms with E-state index in [0.717, 1.165) is 5.56 Å². The largest absolute Gasteiger partial charge is 0.352 e. The van der Waals surface area contributed by atoms with Crippen LogP contribution in [0.15, 0.2) is 40.5 Å². The molecule has 3 heterocycles. The van der Waals surface area contributed by atoms with Gasteiger partial charge in [-0.05, 0) is 18.6 Å². The van der Waals surface area contributed by atoms with Gasteiger partial charge in [-0.15, -0.1) is 0 Å². The number of aryl methyl sites for hydroxylation is 1. The fourth-order valence-electron chi connectivity index (χ4n) is 2.40. The van der Waals surface area contributed by atoms with Crippen molar-refractivity contribution in [2.75, 3.05) is 5.75 Å². The van der Waals surface area contributed by atoms with Crippen molar-refractivity contribution in [1.29, 1.82) is 0 Å². The zero-order valence-corrected chi connectivity index (χ0v) is 13.0. The molecule has 1 atom stereocenters. The van der Waals surface area contributed by atoms with Crippen LogP contribution in [0.3, 0.4) is 0 Å². The summed E-state index contributed by atoms with van der Waals surface area (Å²) in [4.78, 5) is 32.5. The monoisotopic (exact) mass is 316 g/mol. The van der Waals surface area contributed by atoms with Gasteiger partial charge in [0.1, 0.15) is 0 Å². The Hall–Kier alpha value is -2.15. The van der Waals surface area contributed by atoms with E-state index in [4.69, 9.17) is 0 Å². The number of nitrogens with zero attached hydrogens (tertiary/aromatic N) is 3. The van der Waals surface area contributed by atoms with Gasteiger partial charge in [-0.3, -0.25) is 19.1 Å². The molecule has 0 aromatic carbocycles. The van der Waals surface area contributed by atoms with Gasteiger partial charge in [-0.25, -0.2) is 4.98 Å².